The van der Waals surface area contributed by atoms with Gasteiger partial charge in [-0.1, -0.05) is 28.1 Å². The number of dihydropyridines is 1. The molecule has 4 rings (SSSR count). The van der Waals surface area contributed by atoms with Crippen molar-refractivity contribution in [1.82, 2.24) is 5.32 Å². The maximum absolute atomic E-state index is 13.7. The third-order valence-corrected chi connectivity index (χ3v) is 6.88. The summed E-state index contributed by atoms with van der Waals surface area (Å²) in [5.74, 6) is 0.772. The fraction of sp³-hybridized carbons (Fsp3) is 0.308. The molecular weight excluding hydrogens is 500 g/mol. The molecule has 2 aliphatic rings. The number of hydrogen-bond donors (Lipinski definition) is 2. The smallest absolute Gasteiger partial charge is 0.254 e. The monoisotopic (exact) mass is 526 g/mol. The molecule has 34 heavy (non-hydrogen) atoms. The Morgan fingerprint density at radius 2 is 1.71 bits per heavy atom. The number of nitrogens with one attached hydrogen (secondary N) is 2. The molecule has 0 fully saturated rings. The number of amides is 1. The summed E-state index contributed by atoms with van der Waals surface area (Å²) in [5, 5.41) is 6.31. The molecule has 0 bridgehead atoms. The van der Waals surface area contributed by atoms with Gasteiger partial charge < -0.3 is 24.8 Å². The third kappa shape index (κ3) is 4.30. The summed E-state index contributed by atoms with van der Waals surface area (Å²) in [5.41, 5.74) is 3.96. The van der Waals surface area contributed by atoms with Crippen molar-refractivity contribution in [3.63, 3.8) is 0 Å². The number of benzene rings is 2. The van der Waals surface area contributed by atoms with Crippen molar-refractivity contribution in [1.29, 1.82) is 0 Å². The number of ketones is 1. The molecule has 2 aromatic carbocycles. The first-order valence-electron chi connectivity index (χ1n) is 11.0. The number of Topliss-reactive ketones (excluding diaryl/α,β-unsaturated/α-hetero) is 1. The van der Waals surface area contributed by atoms with E-state index in [1.54, 1.807) is 39.5 Å². The second kappa shape index (κ2) is 9.93. The van der Waals surface area contributed by atoms with Gasteiger partial charge >= 0.3 is 0 Å². The maximum atomic E-state index is 13.7. The van der Waals surface area contributed by atoms with Crippen molar-refractivity contribution in [2.75, 3.05) is 26.6 Å². The van der Waals surface area contributed by atoms with Crippen LogP contribution in [0.25, 0.3) is 0 Å². The first kappa shape index (κ1) is 23.9. The van der Waals surface area contributed by atoms with Gasteiger partial charge in [0.1, 0.15) is 5.75 Å². The molecule has 0 unspecified atom stereocenters. The van der Waals surface area contributed by atoms with Crippen LogP contribution in [0.5, 0.6) is 17.2 Å². The number of methoxy groups -OCH3 is 3. The minimum atomic E-state index is -0.576. The van der Waals surface area contributed by atoms with E-state index in [0.717, 1.165) is 28.6 Å². The number of carbonyl (C=O) groups is 2. The van der Waals surface area contributed by atoms with Gasteiger partial charge in [0.2, 0.25) is 0 Å². The van der Waals surface area contributed by atoms with Crippen molar-refractivity contribution in [2.45, 2.75) is 32.1 Å². The lowest BCUT2D eigenvalue weighted by molar-refractivity contribution is -0.116. The van der Waals surface area contributed by atoms with Gasteiger partial charge in [0, 0.05) is 39.4 Å². The molecule has 1 amide bonds. The van der Waals surface area contributed by atoms with E-state index in [1.807, 2.05) is 25.1 Å². The average molecular weight is 527 g/mol. The summed E-state index contributed by atoms with van der Waals surface area (Å²) in [6.07, 6.45) is 1.98. The molecule has 8 heteroatoms. The highest BCUT2D eigenvalue weighted by Gasteiger charge is 2.39. The Bertz CT molecular complexity index is 1220. The van der Waals surface area contributed by atoms with Crippen LogP contribution in [-0.4, -0.2) is 33.0 Å². The Hall–Kier alpha value is -3.26. The number of halogens is 1. The molecule has 0 spiro atoms. The van der Waals surface area contributed by atoms with E-state index < -0.39 is 5.92 Å². The van der Waals surface area contributed by atoms with E-state index in [9.17, 15) is 9.59 Å². The second-order valence-corrected chi connectivity index (χ2v) is 9.00. The molecule has 0 saturated heterocycles. The van der Waals surface area contributed by atoms with Gasteiger partial charge in [-0.05, 0) is 49.6 Å². The largest absolute Gasteiger partial charge is 0.495 e. The minimum Gasteiger partial charge on any atom is -0.495 e. The maximum Gasteiger partial charge on any atom is 0.254 e. The Labute approximate surface area is 207 Å². The number of para-hydroxylation sites is 2. The first-order valence-corrected chi connectivity index (χ1v) is 11.8. The van der Waals surface area contributed by atoms with Gasteiger partial charge in [-0.2, -0.15) is 0 Å². The summed E-state index contributed by atoms with van der Waals surface area (Å²) in [6, 6.07) is 10.9. The molecule has 0 radical (unpaired) electrons. The fourth-order valence-corrected chi connectivity index (χ4v) is 5.18. The molecule has 178 valence electrons. The van der Waals surface area contributed by atoms with Gasteiger partial charge in [0.15, 0.2) is 17.3 Å². The Morgan fingerprint density at radius 3 is 2.41 bits per heavy atom. The normalized spacial score (nSPS) is 17.7. The highest BCUT2D eigenvalue weighted by molar-refractivity contribution is 9.10. The number of rotatable bonds is 6. The number of anilines is 1. The molecule has 1 aliphatic heterocycles. The Kier molecular flexibility index (Phi) is 6.97. The van der Waals surface area contributed by atoms with Gasteiger partial charge in [0.25, 0.3) is 5.91 Å². The average Bonchev–Trinajstić information content (AvgIpc) is 2.83. The number of ether oxygens (including phenoxy) is 3. The van der Waals surface area contributed by atoms with Crippen LogP contribution in [0.3, 0.4) is 0 Å². The topological polar surface area (TPSA) is 85.9 Å². The SMILES string of the molecule is COc1ccccc1NC(=O)C1=C(C)NC2=C(C(=O)CCC2)[C@@H]1c1cc(OC)c(OC)cc1Br. The van der Waals surface area contributed by atoms with E-state index >= 15 is 0 Å². The summed E-state index contributed by atoms with van der Waals surface area (Å²) in [7, 11) is 4.68. The van der Waals surface area contributed by atoms with Gasteiger partial charge in [-0.25, -0.2) is 0 Å². The predicted octanol–water partition coefficient (Wildman–Crippen LogP) is 5.08. The zero-order chi connectivity index (χ0) is 24.4. The summed E-state index contributed by atoms with van der Waals surface area (Å²) in [6.45, 7) is 1.86. The van der Waals surface area contributed by atoms with Crippen LogP contribution in [0.4, 0.5) is 5.69 Å². The number of carbonyl (C=O) groups excluding carboxylic acids is 2. The van der Waals surface area contributed by atoms with Crippen molar-refractivity contribution in [3.8, 4) is 17.2 Å². The molecule has 2 N–H and O–H groups in total. The highest BCUT2D eigenvalue weighted by Crippen LogP contribution is 2.47. The van der Waals surface area contributed by atoms with Gasteiger partial charge in [-0.15, -0.1) is 0 Å². The zero-order valence-electron chi connectivity index (χ0n) is 19.6. The van der Waals surface area contributed by atoms with Crippen LogP contribution in [0.1, 0.15) is 37.7 Å². The van der Waals surface area contributed by atoms with Crippen molar-refractivity contribution >= 4 is 33.3 Å². The predicted molar refractivity (Wildman–Crippen MR) is 133 cm³/mol. The van der Waals surface area contributed by atoms with Crippen LogP contribution >= 0.6 is 15.9 Å². The lowest BCUT2D eigenvalue weighted by Crippen LogP contribution is -2.35. The molecule has 1 aliphatic carbocycles. The summed E-state index contributed by atoms with van der Waals surface area (Å²) in [4.78, 5) is 26.9. The van der Waals surface area contributed by atoms with E-state index in [0.29, 0.717) is 46.2 Å². The second-order valence-electron chi connectivity index (χ2n) is 8.15. The summed E-state index contributed by atoms with van der Waals surface area (Å²) < 4.78 is 17.1. The fourth-order valence-electron chi connectivity index (χ4n) is 4.62. The van der Waals surface area contributed by atoms with Crippen LogP contribution in [0.15, 0.2) is 63.4 Å². The molecular formula is C26H27BrN2O5. The minimum absolute atomic E-state index is 0.0375. The molecule has 0 saturated carbocycles. The van der Waals surface area contributed by atoms with Crippen LogP contribution in [0, 0.1) is 0 Å². The molecule has 2 aromatic rings. The Morgan fingerprint density at radius 1 is 1.03 bits per heavy atom. The lowest BCUT2D eigenvalue weighted by Gasteiger charge is -2.35. The third-order valence-electron chi connectivity index (χ3n) is 6.19. The highest BCUT2D eigenvalue weighted by atomic mass is 79.9. The summed E-state index contributed by atoms with van der Waals surface area (Å²) >= 11 is 3.65. The molecule has 7 nitrogen and oxygen atoms in total. The number of allylic oxidation sites excluding steroid dienone is 3. The molecule has 0 aromatic heterocycles. The van der Waals surface area contributed by atoms with Gasteiger partial charge in [-0.3, -0.25) is 9.59 Å². The van der Waals surface area contributed by atoms with Crippen molar-refractivity contribution in [3.05, 3.63) is 69.0 Å². The van der Waals surface area contributed by atoms with E-state index in [1.165, 1.54) is 0 Å². The van der Waals surface area contributed by atoms with Crippen LogP contribution < -0.4 is 24.8 Å². The Balaban J connectivity index is 1.87. The zero-order valence-corrected chi connectivity index (χ0v) is 21.2. The van der Waals surface area contributed by atoms with E-state index in [-0.39, 0.29) is 11.7 Å². The molecule has 1 heterocycles. The van der Waals surface area contributed by atoms with E-state index in [4.69, 9.17) is 14.2 Å². The standard InChI is InChI=1S/C26H27BrN2O5/c1-14-23(26(31)29-17-8-5-6-11-20(17)32-2)24(25-18(28-14)9-7-10-19(25)30)15-12-21(33-3)22(34-4)13-16(15)27/h5-6,8,11-13,24,28H,7,9-10H2,1-4H3,(H,29,31)/t24-/m1/s1. The van der Waals surface area contributed by atoms with E-state index in [2.05, 4.69) is 26.6 Å². The van der Waals surface area contributed by atoms with Crippen molar-refractivity contribution < 1.29 is 23.8 Å². The van der Waals surface area contributed by atoms with Crippen molar-refractivity contribution in [2.24, 2.45) is 0 Å². The van der Waals surface area contributed by atoms with Crippen LogP contribution in [-0.2, 0) is 9.59 Å². The quantitative estimate of drug-likeness (QED) is 0.545. The van der Waals surface area contributed by atoms with Crippen LogP contribution in [0.2, 0.25) is 0 Å². The number of hydrogen-bond acceptors (Lipinski definition) is 6. The first-order chi connectivity index (χ1) is 16.4. The van der Waals surface area contributed by atoms with Gasteiger partial charge in [0.05, 0.1) is 27.0 Å². The molecule has 1 atom stereocenters. The lowest BCUT2D eigenvalue weighted by atomic mass is 9.75.